The molecular formula is C22H36O5. The Bertz CT molecular complexity index is 515. The van der Waals surface area contributed by atoms with Crippen LogP contribution in [0.4, 0.5) is 0 Å². The zero-order valence-corrected chi connectivity index (χ0v) is 16.4. The summed E-state index contributed by atoms with van der Waals surface area (Å²) in [4.78, 5) is 10.5. The lowest BCUT2D eigenvalue weighted by atomic mass is 9.88. The van der Waals surface area contributed by atoms with E-state index in [-0.39, 0.29) is 18.3 Å². The van der Waals surface area contributed by atoms with Gasteiger partial charge in [-0.05, 0) is 49.9 Å². The number of aliphatic hydroxyl groups is 3. The normalized spacial score (nSPS) is 35.4. The van der Waals surface area contributed by atoms with Crippen LogP contribution in [0.2, 0.25) is 0 Å². The van der Waals surface area contributed by atoms with Crippen molar-refractivity contribution in [3.8, 4) is 0 Å². The van der Waals surface area contributed by atoms with E-state index in [9.17, 15) is 20.1 Å². The predicted octanol–water partition coefficient (Wildman–Crippen LogP) is 3.29. The standard InChI is InChI=1S/C22H36O5/c1-2-15-9-10-16(13-15)19(23)12-11-18-17(20(24)14-21(18)25)7-5-3-4-6-8-22(26)27/h3,5,11-12,15-21,23-25H,2,4,6-10,13-14H2,1H3,(H,26,27)/b5-3-,12-11+/t15?,16?,17-,18-,19-,20+,21-/m1/s1. The first-order valence-electron chi connectivity index (χ1n) is 10.5. The lowest BCUT2D eigenvalue weighted by Gasteiger charge is -2.21. The molecule has 0 aromatic heterocycles. The SMILES string of the molecule is CCC1CCC([C@H](O)/C=C/[C@@H]2[C@@H](C/C=C\CCCC(=O)O)[C@@H](O)C[C@H]2O)C1. The van der Waals surface area contributed by atoms with Crippen molar-refractivity contribution in [3.63, 3.8) is 0 Å². The van der Waals surface area contributed by atoms with Crippen molar-refractivity contribution in [1.82, 2.24) is 0 Å². The second-order valence-electron chi connectivity index (χ2n) is 8.33. The van der Waals surface area contributed by atoms with E-state index in [1.165, 1.54) is 12.8 Å². The maximum Gasteiger partial charge on any atom is 0.303 e. The summed E-state index contributed by atoms with van der Waals surface area (Å²) in [6.45, 7) is 2.20. The molecule has 2 aliphatic rings. The number of unbranched alkanes of at least 4 members (excludes halogenated alkanes) is 1. The highest BCUT2D eigenvalue weighted by molar-refractivity contribution is 5.66. The molecule has 0 aromatic rings. The molecule has 2 fully saturated rings. The molecule has 0 heterocycles. The fourth-order valence-electron chi connectivity index (χ4n) is 4.64. The molecule has 154 valence electrons. The van der Waals surface area contributed by atoms with Gasteiger partial charge in [0.1, 0.15) is 0 Å². The first-order valence-corrected chi connectivity index (χ1v) is 10.5. The van der Waals surface area contributed by atoms with Crippen molar-refractivity contribution in [2.45, 2.75) is 83.0 Å². The highest BCUT2D eigenvalue weighted by atomic mass is 16.4. The molecule has 0 aromatic carbocycles. The Morgan fingerprint density at radius 2 is 1.93 bits per heavy atom. The van der Waals surface area contributed by atoms with Gasteiger partial charge in [0.15, 0.2) is 0 Å². The van der Waals surface area contributed by atoms with Crippen LogP contribution in [0.15, 0.2) is 24.3 Å². The Morgan fingerprint density at radius 3 is 2.59 bits per heavy atom. The number of carboxylic acids is 1. The molecule has 2 aliphatic carbocycles. The number of allylic oxidation sites excluding steroid dienone is 2. The summed E-state index contributed by atoms with van der Waals surface area (Å²) < 4.78 is 0. The molecule has 0 saturated heterocycles. The van der Waals surface area contributed by atoms with Gasteiger partial charge in [0.05, 0.1) is 18.3 Å². The van der Waals surface area contributed by atoms with Crippen LogP contribution in [-0.2, 0) is 4.79 Å². The fraction of sp³-hybridized carbons (Fsp3) is 0.773. The number of rotatable bonds is 10. The van der Waals surface area contributed by atoms with Crippen LogP contribution in [0.1, 0.15) is 64.7 Å². The Hall–Kier alpha value is -1.17. The topological polar surface area (TPSA) is 98.0 Å². The lowest BCUT2D eigenvalue weighted by Crippen LogP contribution is -2.21. The molecule has 2 saturated carbocycles. The average molecular weight is 381 g/mol. The van der Waals surface area contributed by atoms with Crippen molar-refractivity contribution in [1.29, 1.82) is 0 Å². The molecular weight excluding hydrogens is 344 g/mol. The molecule has 0 radical (unpaired) electrons. The monoisotopic (exact) mass is 380 g/mol. The van der Waals surface area contributed by atoms with Gasteiger partial charge >= 0.3 is 5.97 Å². The first-order chi connectivity index (χ1) is 12.9. The van der Waals surface area contributed by atoms with E-state index in [0.29, 0.717) is 31.6 Å². The molecule has 2 unspecified atom stereocenters. The number of hydrogen-bond acceptors (Lipinski definition) is 4. The van der Waals surface area contributed by atoms with Crippen molar-refractivity contribution in [2.75, 3.05) is 0 Å². The Kier molecular flexibility index (Phi) is 9.00. The van der Waals surface area contributed by atoms with Crippen LogP contribution in [-0.4, -0.2) is 44.7 Å². The Balaban J connectivity index is 1.85. The number of carboxylic acid groups (broad SMARTS) is 1. The lowest BCUT2D eigenvalue weighted by molar-refractivity contribution is -0.137. The minimum Gasteiger partial charge on any atom is -0.481 e. The Labute approximate surface area is 162 Å². The smallest absolute Gasteiger partial charge is 0.303 e. The highest BCUT2D eigenvalue weighted by Crippen LogP contribution is 2.38. The second kappa shape index (κ2) is 11.0. The summed E-state index contributed by atoms with van der Waals surface area (Å²) in [5, 5.41) is 39.7. The molecule has 0 spiro atoms. The maximum absolute atomic E-state index is 10.5. The zero-order chi connectivity index (χ0) is 19.8. The number of hydrogen-bond donors (Lipinski definition) is 4. The van der Waals surface area contributed by atoms with E-state index in [0.717, 1.165) is 18.8 Å². The molecule has 27 heavy (non-hydrogen) atoms. The van der Waals surface area contributed by atoms with Gasteiger partial charge in [-0.1, -0.05) is 44.1 Å². The third-order valence-corrected chi connectivity index (χ3v) is 6.42. The second-order valence-corrected chi connectivity index (χ2v) is 8.33. The van der Waals surface area contributed by atoms with Crippen LogP contribution >= 0.6 is 0 Å². The van der Waals surface area contributed by atoms with Crippen molar-refractivity contribution in [2.24, 2.45) is 23.7 Å². The molecule has 2 rings (SSSR count). The summed E-state index contributed by atoms with van der Waals surface area (Å²) in [6.07, 6.45) is 13.1. The van der Waals surface area contributed by atoms with E-state index < -0.39 is 24.3 Å². The molecule has 7 atom stereocenters. The fourth-order valence-corrected chi connectivity index (χ4v) is 4.64. The van der Waals surface area contributed by atoms with Gasteiger partial charge in [-0.25, -0.2) is 0 Å². The van der Waals surface area contributed by atoms with Crippen LogP contribution in [0.25, 0.3) is 0 Å². The van der Waals surface area contributed by atoms with Crippen LogP contribution < -0.4 is 0 Å². The minimum atomic E-state index is -0.783. The van der Waals surface area contributed by atoms with Gasteiger partial charge in [-0.3, -0.25) is 4.79 Å². The van der Waals surface area contributed by atoms with Gasteiger partial charge in [0.2, 0.25) is 0 Å². The molecule has 5 heteroatoms. The van der Waals surface area contributed by atoms with Crippen molar-refractivity contribution >= 4 is 5.97 Å². The Morgan fingerprint density at radius 1 is 1.15 bits per heavy atom. The maximum atomic E-state index is 10.5. The van der Waals surface area contributed by atoms with Gasteiger partial charge in [-0.2, -0.15) is 0 Å². The third-order valence-electron chi connectivity index (χ3n) is 6.42. The van der Waals surface area contributed by atoms with E-state index in [1.807, 2.05) is 24.3 Å². The highest BCUT2D eigenvalue weighted by Gasteiger charge is 2.39. The van der Waals surface area contributed by atoms with E-state index in [4.69, 9.17) is 5.11 Å². The number of carbonyl (C=O) groups is 1. The quantitative estimate of drug-likeness (QED) is 0.344. The predicted molar refractivity (Wildman–Crippen MR) is 105 cm³/mol. The molecule has 0 aliphatic heterocycles. The zero-order valence-electron chi connectivity index (χ0n) is 16.4. The van der Waals surface area contributed by atoms with E-state index >= 15 is 0 Å². The van der Waals surface area contributed by atoms with Gasteiger partial charge in [0.25, 0.3) is 0 Å². The van der Waals surface area contributed by atoms with Crippen molar-refractivity contribution in [3.05, 3.63) is 24.3 Å². The van der Waals surface area contributed by atoms with E-state index in [2.05, 4.69) is 6.92 Å². The van der Waals surface area contributed by atoms with Crippen molar-refractivity contribution < 1.29 is 25.2 Å². The summed E-state index contributed by atoms with van der Waals surface area (Å²) in [5.41, 5.74) is 0. The summed E-state index contributed by atoms with van der Waals surface area (Å²) in [6, 6.07) is 0. The summed E-state index contributed by atoms with van der Waals surface area (Å²) in [7, 11) is 0. The number of aliphatic carboxylic acids is 1. The molecule has 0 bridgehead atoms. The summed E-state index contributed by atoms with van der Waals surface area (Å²) >= 11 is 0. The van der Waals surface area contributed by atoms with Crippen LogP contribution in [0.5, 0.6) is 0 Å². The molecule has 4 N–H and O–H groups in total. The van der Waals surface area contributed by atoms with Gasteiger partial charge in [-0.15, -0.1) is 0 Å². The van der Waals surface area contributed by atoms with E-state index in [1.54, 1.807) is 0 Å². The first kappa shape index (κ1) is 22.1. The average Bonchev–Trinajstić information content (AvgIpc) is 3.20. The number of aliphatic hydroxyl groups excluding tert-OH is 3. The van der Waals surface area contributed by atoms with Gasteiger partial charge < -0.3 is 20.4 Å². The van der Waals surface area contributed by atoms with Gasteiger partial charge in [0, 0.05) is 18.8 Å². The third kappa shape index (κ3) is 6.74. The van der Waals surface area contributed by atoms with Crippen LogP contribution in [0, 0.1) is 23.7 Å². The minimum absolute atomic E-state index is 0.0638. The van der Waals surface area contributed by atoms with Crippen LogP contribution in [0.3, 0.4) is 0 Å². The summed E-state index contributed by atoms with van der Waals surface area (Å²) in [5.74, 6) is 0.0278. The molecule has 5 nitrogen and oxygen atoms in total. The molecule has 0 amide bonds. The largest absolute Gasteiger partial charge is 0.481 e.